The molecule has 2 amide bonds. The molecule has 0 unspecified atom stereocenters. The number of methoxy groups -OCH3 is 1. The average Bonchev–Trinajstić information content (AvgIpc) is 2.78. The van der Waals surface area contributed by atoms with Crippen molar-refractivity contribution in [3.8, 4) is 0 Å². The molecule has 2 aromatic carbocycles. The van der Waals surface area contributed by atoms with Gasteiger partial charge in [-0.15, -0.1) is 0 Å². The lowest BCUT2D eigenvalue weighted by molar-refractivity contribution is 0.0600. The summed E-state index contributed by atoms with van der Waals surface area (Å²) in [5, 5.41) is 11.4. The van der Waals surface area contributed by atoms with Gasteiger partial charge in [0.05, 0.1) is 12.7 Å². The number of ether oxygens (including phenoxy) is 1. The quantitative estimate of drug-likeness (QED) is 0.323. The van der Waals surface area contributed by atoms with Gasteiger partial charge in [-0.25, -0.2) is 19.0 Å². The highest BCUT2D eigenvalue weighted by molar-refractivity contribution is 5.93. The van der Waals surface area contributed by atoms with Crippen LogP contribution in [0.15, 0.2) is 60.8 Å². The Bertz CT molecular complexity index is 1050. The van der Waals surface area contributed by atoms with E-state index in [0.717, 1.165) is 0 Å². The number of aromatic nitrogens is 2. The van der Waals surface area contributed by atoms with Gasteiger partial charge >= 0.3 is 12.0 Å². The second-order valence-electron chi connectivity index (χ2n) is 6.28. The Morgan fingerprint density at radius 1 is 1.03 bits per heavy atom. The summed E-state index contributed by atoms with van der Waals surface area (Å²) in [6, 6.07) is 13.6. The van der Waals surface area contributed by atoms with Crippen LogP contribution in [0.2, 0.25) is 0 Å². The van der Waals surface area contributed by atoms with Crippen LogP contribution in [0.25, 0.3) is 0 Å². The van der Waals surface area contributed by atoms with Gasteiger partial charge in [0, 0.05) is 30.7 Å². The second-order valence-corrected chi connectivity index (χ2v) is 6.28. The van der Waals surface area contributed by atoms with Crippen LogP contribution in [0.3, 0.4) is 0 Å². The molecular formula is C21H21FN6O3. The van der Waals surface area contributed by atoms with Crippen molar-refractivity contribution in [1.29, 1.82) is 0 Å². The van der Waals surface area contributed by atoms with E-state index in [0.29, 0.717) is 41.8 Å². The van der Waals surface area contributed by atoms with Crippen molar-refractivity contribution < 1.29 is 18.7 Å². The molecule has 1 aromatic heterocycles. The van der Waals surface area contributed by atoms with Crippen LogP contribution in [-0.4, -0.2) is 42.2 Å². The maximum Gasteiger partial charge on any atom is 0.337 e. The van der Waals surface area contributed by atoms with Gasteiger partial charge in [-0.05, 0) is 48.5 Å². The summed E-state index contributed by atoms with van der Waals surface area (Å²) in [5.41, 5.74) is 1.48. The lowest BCUT2D eigenvalue weighted by Crippen LogP contribution is -2.32. The third-order valence-electron chi connectivity index (χ3n) is 4.01. The van der Waals surface area contributed by atoms with Crippen LogP contribution >= 0.6 is 0 Å². The highest BCUT2D eigenvalue weighted by Crippen LogP contribution is 2.14. The fraction of sp³-hybridized carbons (Fsp3) is 0.143. The van der Waals surface area contributed by atoms with Gasteiger partial charge in [0.15, 0.2) is 0 Å². The van der Waals surface area contributed by atoms with Gasteiger partial charge in [0.25, 0.3) is 0 Å². The van der Waals surface area contributed by atoms with E-state index in [1.807, 2.05) is 0 Å². The molecule has 0 fully saturated rings. The number of anilines is 4. The van der Waals surface area contributed by atoms with E-state index in [1.54, 1.807) is 42.6 Å². The Hall–Kier alpha value is -4.21. The summed E-state index contributed by atoms with van der Waals surface area (Å²) in [6.45, 7) is 0.746. The highest BCUT2D eigenvalue weighted by atomic mass is 19.1. The number of nitrogens with zero attached hydrogens (tertiary/aromatic N) is 2. The smallest absolute Gasteiger partial charge is 0.337 e. The number of hydrogen-bond donors (Lipinski definition) is 4. The topological polar surface area (TPSA) is 117 Å². The minimum absolute atomic E-state index is 0.324. The summed E-state index contributed by atoms with van der Waals surface area (Å²) in [5.74, 6) is 0.112. The molecule has 10 heteroatoms. The molecule has 0 saturated carbocycles. The molecule has 3 rings (SSSR count). The molecule has 9 nitrogen and oxygen atoms in total. The summed E-state index contributed by atoms with van der Waals surface area (Å²) < 4.78 is 17.6. The number of carbonyl (C=O) groups excluding carboxylic acids is 2. The van der Waals surface area contributed by atoms with E-state index >= 15 is 0 Å². The first-order valence-corrected chi connectivity index (χ1v) is 9.36. The standard InChI is InChI=1S/C21H21FN6O3/c1-31-19(29)14-3-2-4-17(13-14)27-21(30)25-12-11-23-18-9-10-24-20(28-18)26-16-7-5-15(22)6-8-16/h2-10,13H,11-12H2,1H3,(H2,25,27,30)(H2,23,24,26,28). The molecule has 0 saturated heterocycles. The fourth-order valence-electron chi connectivity index (χ4n) is 2.56. The monoisotopic (exact) mass is 424 g/mol. The van der Waals surface area contributed by atoms with E-state index in [9.17, 15) is 14.0 Å². The van der Waals surface area contributed by atoms with Crippen LogP contribution in [0.5, 0.6) is 0 Å². The Balaban J connectivity index is 1.44. The minimum atomic E-state index is -0.480. The van der Waals surface area contributed by atoms with Gasteiger partial charge in [0.1, 0.15) is 11.6 Å². The molecule has 0 spiro atoms. The lowest BCUT2D eigenvalue weighted by Gasteiger charge is -2.10. The first kappa shape index (κ1) is 21.5. The maximum atomic E-state index is 13.0. The van der Waals surface area contributed by atoms with Crippen molar-refractivity contribution in [2.45, 2.75) is 0 Å². The number of benzene rings is 2. The molecule has 0 atom stereocenters. The molecule has 0 radical (unpaired) electrons. The van der Waals surface area contributed by atoms with Crippen LogP contribution < -0.4 is 21.3 Å². The van der Waals surface area contributed by atoms with Crippen LogP contribution in [-0.2, 0) is 4.74 Å². The molecule has 160 valence electrons. The number of amides is 2. The number of carbonyl (C=O) groups is 2. The Kier molecular flexibility index (Phi) is 7.30. The Morgan fingerprint density at radius 2 is 1.84 bits per heavy atom. The number of hydrogen-bond acceptors (Lipinski definition) is 7. The van der Waals surface area contributed by atoms with Crippen LogP contribution in [0.1, 0.15) is 10.4 Å². The first-order chi connectivity index (χ1) is 15.0. The summed E-state index contributed by atoms with van der Waals surface area (Å²) in [7, 11) is 1.29. The number of rotatable bonds is 8. The molecule has 4 N–H and O–H groups in total. The average molecular weight is 424 g/mol. The number of urea groups is 1. The van der Waals surface area contributed by atoms with E-state index in [-0.39, 0.29) is 5.82 Å². The highest BCUT2D eigenvalue weighted by Gasteiger charge is 2.07. The largest absolute Gasteiger partial charge is 0.465 e. The zero-order valence-electron chi connectivity index (χ0n) is 16.7. The van der Waals surface area contributed by atoms with Crippen molar-refractivity contribution >= 4 is 35.1 Å². The Morgan fingerprint density at radius 3 is 2.61 bits per heavy atom. The van der Waals surface area contributed by atoms with E-state index in [4.69, 9.17) is 0 Å². The second kappa shape index (κ2) is 10.5. The van der Waals surface area contributed by atoms with E-state index < -0.39 is 12.0 Å². The van der Waals surface area contributed by atoms with Crippen LogP contribution in [0.4, 0.5) is 32.3 Å². The van der Waals surface area contributed by atoms with Gasteiger partial charge in [-0.2, -0.15) is 4.98 Å². The van der Waals surface area contributed by atoms with Crippen molar-refractivity contribution in [1.82, 2.24) is 15.3 Å². The van der Waals surface area contributed by atoms with Crippen molar-refractivity contribution in [3.05, 3.63) is 72.2 Å². The zero-order chi connectivity index (χ0) is 22.1. The van der Waals surface area contributed by atoms with E-state index in [2.05, 4.69) is 36.0 Å². The molecule has 3 aromatic rings. The Labute approximate surface area is 178 Å². The SMILES string of the molecule is COC(=O)c1cccc(NC(=O)NCCNc2ccnc(Nc3ccc(F)cc3)n2)c1. The molecule has 0 aliphatic carbocycles. The molecule has 0 aliphatic rings. The maximum absolute atomic E-state index is 13.0. The van der Waals surface area contributed by atoms with Gasteiger partial charge < -0.3 is 26.0 Å². The lowest BCUT2D eigenvalue weighted by atomic mass is 10.2. The van der Waals surface area contributed by atoms with Gasteiger partial charge in [-0.3, -0.25) is 0 Å². The third-order valence-corrected chi connectivity index (χ3v) is 4.01. The predicted octanol–water partition coefficient (Wildman–Crippen LogP) is 3.38. The molecule has 0 bridgehead atoms. The van der Waals surface area contributed by atoms with Gasteiger partial charge in [-0.1, -0.05) is 6.07 Å². The van der Waals surface area contributed by atoms with Crippen molar-refractivity contribution in [2.24, 2.45) is 0 Å². The molecule has 1 heterocycles. The molecular weight excluding hydrogens is 403 g/mol. The molecule has 31 heavy (non-hydrogen) atoms. The van der Waals surface area contributed by atoms with Crippen molar-refractivity contribution in [2.75, 3.05) is 36.1 Å². The van der Waals surface area contributed by atoms with E-state index in [1.165, 1.54) is 25.3 Å². The third kappa shape index (κ3) is 6.67. The van der Waals surface area contributed by atoms with Gasteiger partial charge in [0.2, 0.25) is 5.95 Å². The number of nitrogens with one attached hydrogen (secondary N) is 4. The predicted molar refractivity (Wildman–Crippen MR) is 115 cm³/mol. The zero-order valence-corrected chi connectivity index (χ0v) is 16.7. The first-order valence-electron chi connectivity index (χ1n) is 9.36. The van der Waals surface area contributed by atoms with Crippen LogP contribution in [0, 0.1) is 5.82 Å². The number of esters is 1. The number of halogens is 1. The molecule has 0 aliphatic heterocycles. The minimum Gasteiger partial charge on any atom is -0.465 e. The normalized spacial score (nSPS) is 10.1. The summed E-state index contributed by atoms with van der Waals surface area (Å²) in [4.78, 5) is 32.0. The summed E-state index contributed by atoms with van der Waals surface area (Å²) in [6.07, 6.45) is 1.58. The summed E-state index contributed by atoms with van der Waals surface area (Å²) >= 11 is 0. The van der Waals surface area contributed by atoms with Crippen molar-refractivity contribution in [3.63, 3.8) is 0 Å². The fourth-order valence-corrected chi connectivity index (χ4v) is 2.56.